The Labute approximate surface area is 163 Å². The standard InChI is InChI=1S/C20H22N2O5S/c1-4-26-17-11-7-8-14-12-18(27-19(14)17)13(2)21-20(23)15-9-5-6-10-16(15)22-28(3,24)25/h5-13,22H,4H2,1-3H3,(H,21,23). The van der Waals surface area contributed by atoms with Crippen LogP contribution < -0.4 is 14.8 Å². The second kappa shape index (κ2) is 7.93. The van der Waals surface area contributed by atoms with Crippen molar-refractivity contribution in [1.82, 2.24) is 5.32 Å². The van der Waals surface area contributed by atoms with Gasteiger partial charge in [0.15, 0.2) is 11.3 Å². The van der Waals surface area contributed by atoms with E-state index in [2.05, 4.69) is 10.0 Å². The van der Waals surface area contributed by atoms with Gasteiger partial charge in [-0.1, -0.05) is 24.3 Å². The number of rotatable bonds is 7. The largest absolute Gasteiger partial charge is 0.490 e. The third kappa shape index (κ3) is 4.45. The van der Waals surface area contributed by atoms with Crippen molar-refractivity contribution in [1.29, 1.82) is 0 Å². The smallest absolute Gasteiger partial charge is 0.253 e. The van der Waals surface area contributed by atoms with Crippen molar-refractivity contribution >= 4 is 32.6 Å². The van der Waals surface area contributed by atoms with Crippen molar-refractivity contribution < 1.29 is 22.4 Å². The molecule has 0 aliphatic heterocycles. The highest BCUT2D eigenvalue weighted by molar-refractivity contribution is 7.92. The van der Waals surface area contributed by atoms with Gasteiger partial charge in [-0.05, 0) is 38.1 Å². The van der Waals surface area contributed by atoms with Gasteiger partial charge in [-0.25, -0.2) is 8.42 Å². The molecule has 2 N–H and O–H groups in total. The fraction of sp³-hybridized carbons (Fsp3) is 0.250. The number of amides is 1. The summed E-state index contributed by atoms with van der Waals surface area (Å²) < 4.78 is 36.9. The van der Waals surface area contributed by atoms with Crippen LogP contribution in [0.2, 0.25) is 0 Å². The first-order valence-electron chi connectivity index (χ1n) is 8.81. The molecule has 3 rings (SSSR count). The van der Waals surface area contributed by atoms with Gasteiger partial charge in [0.1, 0.15) is 5.76 Å². The highest BCUT2D eigenvalue weighted by Crippen LogP contribution is 2.31. The Hall–Kier alpha value is -3.00. The lowest BCUT2D eigenvalue weighted by molar-refractivity contribution is 0.0936. The molecule has 7 nitrogen and oxygen atoms in total. The van der Waals surface area contributed by atoms with E-state index in [1.807, 2.05) is 31.2 Å². The van der Waals surface area contributed by atoms with Crippen LogP contribution in [0.3, 0.4) is 0 Å². The molecule has 1 amide bonds. The summed E-state index contributed by atoms with van der Waals surface area (Å²) in [5, 5.41) is 3.72. The van der Waals surface area contributed by atoms with Crippen molar-refractivity contribution in [2.24, 2.45) is 0 Å². The summed E-state index contributed by atoms with van der Waals surface area (Å²) in [7, 11) is -3.50. The summed E-state index contributed by atoms with van der Waals surface area (Å²) in [6, 6.07) is 13.5. The summed E-state index contributed by atoms with van der Waals surface area (Å²) in [5.74, 6) is 0.807. The number of hydrogen-bond donors (Lipinski definition) is 2. The summed E-state index contributed by atoms with van der Waals surface area (Å²) in [4.78, 5) is 12.7. The van der Waals surface area contributed by atoms with E-state index >= 15 is 0 Å². The number of hydrogen-bond acceptors (Lipinski definition) is 5. The van der Waals surface area contributed by atoms with Gasteiger partial charge in [0, 0.05) is 5.39 Å². The van der Waals surface area contributed by atoms with Gasteiger partial charge < -0.3 is 14.5 Å². The molecule has 28 heavy (non-hydrogen) atoms. The number of benzene rings is 2. The molecule has 0 radical (unpaired) electrons. The summed E-state index contributed by atoms with van der Waals surface area (Å²) in [6.07, 6.45) is 1.04. The van der Waals surface area contributed by atoms with Gasteiger partial charge in [-0.3, -0.25) is 9.52 Å². The maximum Gasteiger partial charge on any atom is 0.253 e. The number of furan rings is 1. The molecule has 0 spiro atoms. The Kier molecular flexibility index (Phi) is 5.60. The maximum absolute atomic E-state index is 12.7. The van der Waals surface area contributed by atoms with E-state index in [4.69, 9.17) is 9.15 Å². The average Bonchev–Trinajstić information content (AvgIpc) is 3.06. The molecular formula is C20H22N2O5S. The normalized spacial score (nSPS) is 12.5. The van der Waals surface area contributed by atoms with E-state index in [9.17, 15) is 13.2 Å². The zero-order valence-corrected chi connectivity index (χ0v) is 16.7. The fourth-order valence-corrected chi connectivity index (χ4v) is 3.43. The van der Waals surface area contributed by atoms with Crippen molar-refractivity contribution in [2.75, 3.05) is 17.6 Å². The quantitative estimate of drug-likeness (QED) is 0.628. The summed E-state index contributed by atoms with van der Waals surface area (Å²) in [6.45, 7) is 4.21. The van der Waals surface area contributed by atoms with Crippen LogP contribution in [0.1, 0.15) is 36.0 Å². The van der Waals surface area contributed by atoms with Gasteiger partial charge in [0.2, 0.25) is 10.0 Å². The molecule has 0 aliphatic carbocycles. The van der Waals surface area contributed by atoms with Crippen LogP contribution in [-0.2, 0) is 10.0 Å². The molecule has 1 aromatic heterocycles. The molecule has 0 saturated carbocycles. The van der Waals surface area contributed by atoms with Gasteiger partial charge >= 0.3 is 0 Å². The molecule has 148 valence electrons. The van der Waals surface area contributed by atoms with Crippen LogP contribution in [-0.4, -0.2) is 27.2 Å². The predicted molar refractivity (Wildman–Crippen MR) is 108 cm³/mol. The number of nitrogens with one attached hydrogen (secondary N) is 2. The average molecular weight is 402 g/mol. The minimum absolute atomic E-state index is 0.220. The van der Waals surface area contributed by atoms with Gasteiger partial charge in [-0.2, -0.15) is 0 Å². The second-order valence-electron chi connectivity index (χ2n) is 6.37. The highest BCUT2D eigenvalue weighted by atomic mass is 32.2. The van der Waals surface area contributed by atoms with Crippen molar-refractivity contribution in [3.05, 3.63) is 59.9 Å². The number of ether oxygens (including phenoxy) is 1. The van der Waals surface area contributed by atoms with Crippen LogP contribution in [0.15, 0.2) is 52.9 Å². The van der Waals surface area contributed by atoms with E-state index in [1.54, 1.807) is 25.1 Å². The van der Waals surface area contributed by atoms with Crippen LogP contribution in [0.25, 0.3) is 11.0 Å². The third-order valence-corrected chi connectivity index (χ3v) is 4.66. The van der Waals surface area contributed by atoms with E-state index in [0.717, 1.165) is 11.6 Å². The van der Waals surface area contributed by atoms with Gasteiger partial charge in [0.05, 0.1) is 30.2 Å². The van der Waals surface area contributed by atoms with Crippen molar-refractivity contribution in [3.8, 4) is 5.75 Å². The highest BCUT2D eigenvalue weighted by Gasteiger charge is 2.19. The van der Waals surface area contributed by atoms with Crippen molar-refractivity contribution in [2.45, 2.75) is 19.9 Å². The molecule has 1 heterocycles. The van der Waals surface area contributed by atoms with Crippen LogP contribution >= 0.6 is 0 Å². The number of carbonyl (C=O) groups is 1. The number of sulfonamides is 1. The number of para-hydroxylation sites is 2. The van der Waals surface area contributed by atoms with E-state index in [-0.39, 0.29) is 11.3 Å². The minimum Gasteiger partial charge on any atom is -0.490 e. The lowest BCUT2D eigenvalue weighted by atomic mass is 10.1. The van der Waals surface area contributed by atoms with E-state index in [0.29, 0.717) is 23.7 Å². The Balaban J connectivity index is 1.84. The Morgan fingerprint density at radius 2 is 1.93 bits per heavy atom. The monoisotopic (exact) mass is 402 g/mol. The number of fused-ring (bicyclic) bond motifs is 1. The molecule has 0 fully saturated rings. The first kappa shape index (κ1) is 19.8. The van der Waals surface area contributed by atoms with E-state index in [1.165, 1.54) is 6.07 Å². The molecule has 2 aromatic carbocycles. The first-order valence-corrected chi connectivity index (χ1v) is 10.7. The third-order valence-electron chi connectivity index (χ3n) is 4.07. The molecule has 1 atom stereocenters. The molecule has 0 aliphatic rings. The lowest BCUT2D eigenvalue weighted by Crippen LogP contribution is -2.27. The Morgan fingerprint density at radius 1 is 1.18 bits per heavy atom. The topological polar surface area (TPSA) is 97.6 Å². The molecule has 8 heteroatoms. The molecule has 1 unspecified atom stereocenters. The fourth-order valence-electron chi connectivity index (χ4n) is 2.85. The summed E-state index contributed by atoms with van der Waals surface area (Å²) >= 11 is 0. The SMILES string of the molecule is CCOc1cccc2cc(C(C)NC(=O)c3ccccc3NS(C)(=O)=O)oc12. The zero-order chi connectivity index (χ0) is 20.3. The Bertz CT molecular complexity index is 1100. The second-order valence-corrected chi connectivity index (χ2v) is 8.12. The van der Waals surface area contributed by atoms with Crippen LogP contribution in [0.5, 0.6) is 5.75 Å². The van der Waals surface area contributed by atoms with E-state index < -0.39 is 22.0 Å². The Morgan fingerprint density at radius 3 is 2.64 bits per heavy atom. The van der Waals surface area contributed by atoms with Gasteiger partial charge in [0.25, 0.3) is 5.91 Å². The van der Waals surface area contributed by atoms with Gasteiger partial charge in [-0.15, -0.1) is 0 Å². The predicted octanol–water partition coefficient (Wildman–Crippen LogP) is 3.69. The minimum atomic E-state index is -3.50. The lowest BCUT2D eigenvalue weighted by Gasteiger charge is -2.14. The van der Waals surface area contributed by atoms with Crippen LogP contribution in [0.4, 0.5) is 5.69 Å². The molecule has 0 saturated heterocycles. The first-order chi connectivity index (χ1) is 13.3. The number of anilines is 1. The summed E-state index contributed by atoms with van der Waals surface area (Å²) in [5.41, 5.74) is 1.07. The number of carbonyl (C=O) groups excluding carboxylic acids is 1. The zero-order valence-electron chi connectivity index (χ0n) is 15.9. The maximum atomic E-state index is 12.7. The van der Waals surface area contributed by atoms with Crippen LogP contribution in [0, 0.1) is 0 Å². The van der Waals surface area contributed by atoms with Crippen molar-refractivity contribution in [3.63, 3.8) is 0 Å². The molecular weight excluding hydrogens is 380 g/mol. The molecule has 3 aromatic rings. The molecule has 0 bridgehead atoms.